The van der Waals surface area contributed by atoms with Crippen LogP contribution >= 0.6 is 0 Å². The monoisotopic (exact) mass is 240 g/mol. The van der Waals surface area contributed by atoms with Crippen molar-refractivity contribution in [2.75, 3.05) is 0 Å². The third-order valence-corrected chi connectivity index (χ3v) is 2.27. The highest BCUT2D eigenvalue weighted by Gasteiger charge is 2.38. The molecule has 0 spiro atoms. The van der Waals surface area contributed by atoms with Crippen molar-refractivity contribution < 1.29 is 30.0 Å². The van der Waals surface area contributed by atoms with Gasteiger partial charge in [0.2, 0.25) is 0 Å². The summed E-state index contributed by atoms with van der Waals surface area (Å²) >= 11 is 0. The summed E-state index contributed by atoms with van der Waals surface area (Å²) in [7, 11) is 0. The van der Waals surface area contributed by atoms with E-state index in [0.29, 0.717) is 5.56 Å². The second-order valence-corrected chi connectivity index (χ2v) is 3.75. The number of benzene rings is 1. The van der Waals surface area contributed by atoms with E-state index in [1.165, 1.54) is 24.3 Å². The fraction of sp³-hybridized carbons (Fsp3) is 0.273. The zero-order valence-corrected chi connectivity index (χ0v) is 8.83. The lowest BCUT2D eigenvalue weighted by atomic mass is 9.91. The second-order valence-electron chi connectivity index (χ2n) is 3.75. The summed E-state index contributed by atoms with van der Waals surface area (Å²) < 4.78 is 0. The van der Waals surface area contributed by atoms with Gasteiger partial charge in [-0.05, 0) is 17.7 Å². The topological polar surface area (TPSA) is 115 Å². The third-order valence-electron chi connectivity index (χ3n) is 2.27. The molecule has 0 saturated carbocycles. The predicted molar refractivity (Wildman–Crippen MR) is 56.6 cm³/mol. The van der Waals surface area contributed by atoms with Gasteiger partial charge in [0.15, 0.2) is 5.60 Å². The second kappa shape index (κ2) is 4.84. The van der Waals surface area contributed by atoms with Crippen LogP contribution in [0.1, 0.15) is 12.0 Å². The van der Waals surface area contributed by atoms with Gasteiger partial charge in [-0.15, -0.1) is 0 Å². The SMILES string of the molecule is O=C(O)C[C@@](O)(Cc1ccc(O)cc1)C(=O)O. The van der Waals surface area contributed by atoms with E-state index in [1.54, 1.807) is 0 Å². The highest BCUT2D eigenvalue weighted by atomic mass is 16.4. The van der Waals surface area contributed by atoms with E-state index in [-0.39, 0.29) is 12.2 Å². The number of aliphatic hydroxyl groups is 1. The molecule has 4 N–H and O–H groups in total. The van der Waals surface area contributed by atoms with Gasteiger partial charge in [0.05, 0.1) is 6.42 Å². The molecule has 0 saturated heterocycles. The molecule has 1 aromatic rings. The fourth-order valence-electron chi connectivity index (χ4n) is 1.42. The highest BCUT2D eigenvalue weighted by Crippen LogP contribution is 2.20. The van der Waals surface area contributed by atoms with Crippen LogP contribution in [0.15, 0.2) is 24.3 Å². The third kappa shape index (κ3) is 3.46. The smallest absolute Gasteiger partial charge is 0.336 e. The molecule has 1 rings (SSSR count). The summed E-state index contributed by atoms with van der Waals surface area (Å²) in [6.07, 6.45) is -1.22. The minimum absolute atomic E-state index is 0.00542. The molecule has 0 bridgehead atoms. The van der Waals surface area contributed by atoms with Gasteiger partial charge in [0, 0.05) is 6.42 Å². The normalized spacial score (nSPS) is 13.9. The zero-order chi connectivity index (χ0) is 13.1. The fourth-order valence-corrected chi connectivity index (χ4v) is 1.42. The van der Waals surface area contributed by atoms with E-state index >= 15 is 0 Å². The maximum absolute atomic E-state index is 10.9. The quantitative estimate of drug-likeness (QED) is 0.585. The summed E-state index contributed by atoms with van der Waals surface area (Å²) in [6.45, 7) is 0. The Morgan fingerprint density at radius 3 is 2.06 bits per heavy atom. The Labute approximate surface area is 96.8 Å². The average molecular weight is 240 g/mol. The van der Waals surface area contributed by atoms with Gasteiger partial charge in [-0.1, -0.05) is 12.1 Å². The first-order valence-electron chi connectivity index (χ1n) is 4.79. The van der Waals surface area contributed by atoms with Crippen LogP contribution in [0.25, 0.3) is 0 Å². The number of carbonyl (C=O) groups is 2. The number of hydrogen-bond acceptors (Lipinski definition) is 4. The molecule has 0 aliphatic heterocycles. The summed E-state index contributed by atoms with van der Waals surface area (Å²) in [5.41, 5.74) is -1.92. The van der Waals surface area contributed by atoms with Crippen LogP contribution < -0.4 is 0 Å². The molecule has 6 nitrogen and oxygen atoms in total. The number of carboxylic acids is 2. The number of phenols is 1. The van der Waals surface area contributed by atoms with Gasteiger partial charge < -0.3 is 20.4 Å². The maximum Gasteiger partial charge on any atom is 0.336 e. The lowest BCUT2D eigenvalue weighted by Gasteiger charge is -2.21. The van der Waals surface area contributed by atoms with E-state index in [2.05, 4.69) is 0 Å². The molecule has 0 aliphatic rings. The Hall–Kier alpha value is -2.08. The lowest BCUT2D eigenvalue weighted by Crippen LogP contribution is -2.42. The average Bonchev–Trinajstić information content (AvgIpc) is 2.20. The highest BCUT2D eigenvalue weighted by molar-refractivity contribution is 5.84. The molecular weight excluding hydrogens is 228 g/mol. The molecule has 1 atom stereocenters. The van der Waals surface area contributed by atoms with Gasteiger partial charge in [-0.25, -0.2) is 4.79 Å². The molecule has 17 heavy (non-hydrogen) atoms. The Bertz CT molecular complexity index is 424. The molecule has 92 valence electrons. The van der Waals surface area contributed by atoms with E-state index in [9.17, 15) is 14.7 Å². The van der Waals surface area contributed by atoms with Crippen LogP contribution in [-0.4, -0.2) is 38.0 Å². The zero-order valence-electron chi connectivity index (χ0n) is 8.83. The van der Waals surface area contributed by atoms with E-state index in [4.69, 9.17) is 15.3 Å². The van der Waals surface area contributed by atoms with Gasteiger partial charge in [-0.2, -0.15) is 0 Å². The van der Waals surface area contributed by atoms with Crippen LogP contribution in [-0.2, 0) is 16.0 Å². The number of aromatic hydroxyl groups is 1. The first kappa shape index (κ1) is 13.0. The van der Waals surface area contributed by atoms with Crippen LogP contribution in [0.5, 0.6) is 5.75 Å². The minimum atomic E-state index is -2.34. The number of carboxylic acid groups (broad SMARTS) is 2. The van der Waals surface area contributed by atoms with Crippen LogP contribution in [0.3, 0.4) is 0 Å². The summed E-state index contributed by atoms with van der Waals surface area (Å²) in [5.74, 6) is -2.98. The Morgan fingerprint density at radius 1 is 1.12 bits per heavy atom. The largest absolute Gasteiger partial charge is 0.508 e. The van der Waals surface area contributed by atoms with Crippen molar-refractivity contribution in [3.05, 3.63) is 29.8 Å². The number of aliphatic carboxylic acids is 2. The Balaban J connectivity index is 2.90. The van der Waals surface area contributed by atoms with E-state index in [1.807, 2.05) is 0 Å². The van der Waals surface area contributed by atoms with E-state index in [0.717, 1.165) is 0 Å². The van der Waals surface area contributed by atoms with Crippen molar-refractivity contribution >= 4 is 11.9 Å². The molecule has 1 aromatic carbocycles. The standard InChI is InChI=1S/C11H12O6/c12-8-3-1-7(2-4-8)5-11(17,10(15)16)6-9(13)14/h1-4,12,17H,5-6H2,(H,13,14)(H,15,16)/t11-/m0/s1. The van der Waals surface area contributed by atoms with Crippen molar-refractivity contribution in [3.8, 4) is 5.75 Å². The minimum Gasteiger partial charge on any atom is -0.508 e. The predicted octanol–water partition coefficient (Wildman–Crippen LogP) is 0.225. The number of phenolic OH excluding ortho intramolecular Hbond substituents is 1. The first-order valence-corrected chi connectivity index (χ1v) is 4.79. The number of hydrogen-bond donors (Lipinski definition) is 4. The van der Waals surface area contributed by atoms with Crippen LogP contribution in [0, 0.1) is 0 Å². The number of rotatable bonds is 5. The summed E-state index contributed by atoms with van der Waals surface area (Å²) in [5, 5.41) is 36.2. The van der Waals surface area contributed by atoms with Crippen molar-refractivity contribution in [1.29, 1.82) is 0 Å². The van der Waals surface area contributed by atoms with Gasteiger partial charge in [-0.3, -0.25) is 4.79 Å². The Kier molecular flexibility index (Phi) is 3.69. The van der Waals surface area contributed by atoms with Gasteiger partial charge in [0.1, 0.15) is 5.75 Å². The molecule has 0 heterocycles. The molecule has 0 aliphatic carbocycles. The van der Waals surface area contributed by atoms with Crippen molar-refractivity contribution in [2.45, 2.75) is 18.4 Å². The van der Waals surface area contributed by atoms with Crippen molar-refractivity contribution in [1.82, 2.24) is 0 Å². The van der Waals surface area contributed by atoms with Gasteiger partial charge >= 0.3 is 11.9 Å². The van der Waals surface area contributed by atoms with Crippen LogP contribution in [0.2, 0.25) is 0 Å². The molecule has 0 aromatic heterocycles. The van der Waals surface area contributed by atoms with Crippen molar-refractivity contribution in [2.24, 2.45) is 0 Å². The summed E-state index contributed by atoms with van der Waals surface area (Å²) in [6, 6.07) is 5.51. The Morgan fingerprint density at radius 2 is 1.65 bits per heavy atom. The summed E-state index contributed by atoms with van der Waals surface area (Å²) in [4.78, 5) is 21.4. The lowest BCUT2D eigenvalue weighted by molar-refractivity contribution is -0.165. The molecule has 0 amide bonds. The first-order chi connectivity index (χ1) is 7.83. The molecule has 6 heteroatoms. The van der Waals surface area contributed by atoms with Crippen LogP contribution in [0.4, 0.5) is 0 Å². The van der Waals surface area contributed by atoms with Gasteiger partial charge in [0.25, 0.3) is 0 Å². The molecular formula is C11H12O6. The van der Waals surface area contributed by atoms with E-state index < -0.39 is 24.0 Å². The molecule has 0 unspecified atom stereocenters. The maximum atomic E-state index is 10.9. The van der Waals surface area contributed by atoms with Crippen molar-refractivity contribution in [3.63, 3.8) is 0 Å². The molecule has 0 radical (unpaired) electrons. The molecule has 0 fully saturated rings.